The molecule has 0 spiro atoms. The van der Waals surface area contributed by atoms with Gasteiger partial charge in [-0.2, -0.15) is 0 Å². The number of rotatable bonds is 4. The summed E-state index contributed by atoms with van der Waals surface area (Å²) in [5.74, 6) is 0.787. The number of halogens is 2. The predicted octanol–water partition coefficient (Wildman–Crippen LogP) is 4.05. The van der Waals surface area contributed by atoms with Crippen molar-refractivity contribution in [2.75, 3.05) is 13.4 Å². The lowest BCUT2D eigenvalue weighted by atomic mass is 9.96. The normalized spacial score (nSPS) is 16.9. The molecule has 1 atom stereocenters. The van der Waals surface area contributed by atoms with Crippen LogP contribution in [0.1, 0.15) is 31.0 Å². The summed E-state index contributed by atoms with van der Waals surface area (Å²) < 4.78 is 19.9. The largest absolute Gasteiger partial charge is 0.463 e. The van der Waals surface area contributed by atoms with Crippen molar-refractivity contribution < 1.29 is 19.0 Å². The number of hydrogen-bond acceptors (Lipinski definition) is 7. The number of nitrogens with zero attached hydrogens (tertiary/aromatic N) is 2. The summed E-state index contributed by atoms with van der Waals surface area (Å²) in [4.78, 5) is 31.7. The van der Waals surface area contributed by atoms with Crippen LogP contribution < -0.4 is 24.4 Å². The number of benzene rings is 2. The molecular weight excluding hydrogens is 588 g/mol. The number of fused-ring (bicyclic) bond motifs is 2. The number of thiazole rings is 1. The van der Waals surface area contributed by atoms with Crippen molar-refractivity contribution in [3.8, 4) is 11.5 Å². The summed E-state index contributed by atoms with van der Waals surface area (Å²) in [7, 11) is 0. The van der Waals surface area contributed by atoms with Gasteiger partial charge in [0.25, 0.3) is 5.56 Å². The third-order valence-corrected chi connectivity index (χ3v) is 7.68. The van der Waals surface area contributed by atoms with Crippen LogP contribution in [0.5, 0.6) is 11.5 Å². The molecule has 0 aliphatic carbocycles. The lowest BCUT2D eigenvalue weighted by Gasteiger charge is -2.24. The van der Waals surface area contributed by atoms with Gasteiger partial charge in [-0.1, -0.05) is 55.3 Å². The number of hydrogen-bond donors (Lipinski definition) is 0. The van der Waals surface area contributed by atoms with Crippen LogP contribution >= 0.6 is 43.2 Å². The van der Waals surface area contributed by atoms with Gasteiger partial charge in [0.05, 0.1) is 28.5 Å². The quantitative estimate of drug-likeness (QED) is 0.419. The fourth-order valence-electron chi connectivity index (χ4n) is 3.94. The topological polar surface area (TPSA) is 79.1 Å². The zero-order valence-corrected chi connectivity index (χ0v) is 22.1. The molecule has 174 valence electrons. The monoisotopic (exact) mass is 604 g/mol. The van der Waals surface area contributed by atoms with Gasteiger partial charge in [-0.25, -0.2) is 9.79 Å². The fraction of sp³-hybridized carbons (Fsp3) is 0.208. The molecule has 2 aliphatic heterocycles. The van der Waals surface area contributed by atoms with Crippen LogP contribution in [0.25, 0.3) is 6.08 Å². The van der Waals surface area contributed by atoms with Crippen molar-refractivity contribution in [3.05, 3.63) is 87.4 Å². The highest BCUT2D eigenvalue weighted by molar-refractivity contribution is 9.10. The van der Waals surface area contributed by atoms with Gasteiger partial charge < -0.3 is 14.2 Å². The Morgan fingerprint density at radius 3 is 2.65 bits per heavy atom. The van der Waals surface area contributed by atoms with E-state index in [1.807, 2.05) is 36.4 Å². The van der Waals surface area contributed by atoms with Gasteiger partial charge in [0, 0.05) is 8.95 Å². The Morgan fingerprint density at radius 1 is 1.24 bits per heavy atom. The molecule has 0 bridgehead atoms. The zero-order valence-electron chi connectivity index (χ0n) is 18.1. The minimum absolute atomic E-state index is 0.163. The fourth-order valence-corrected chi connectivity index (χ4v) is 5.68. The van der Waals surface area contributed by atoms with E-state index in [1.54, 1.807) is 24.5 Å². The van der Waals surface area contributed by atoms with Gasteiger partial charge >= 0.3 is 5.97 Å². The van der Waals surface area contributed by atoms with Crippen molar-refractivity contribution in [3.63, 3.8) is 0 Å². The molecule has 2 aliphatic rings. The molecule has 0 amide bonds. The van der Waals surface area contributed by atoms with E-state index >= 15 is 0 Å². The van der Waals surface area contributed by atoms with Gasteiger partial charge in [-0.05, 0) is 55.3 Å². The molecule has 0 radical (unpaired) electrons. The lowest BCUT2D eigenvalue weighted by molar-refractivity contribution is -0.139. The molecule has 3 heterocycles. The molecule has 1 unspecified atom stereocenters. The minimum Gasteiger partial charge on any atom is -0.463 e. The molecule has 34 heavy (non-hydrogen) atoms. The maximum absolute atomic E-state index is 13.7. The summed E-state index contributed by atoms with van der Waals surface area (Å²) in [6, 6.07) is 10.5. The molecule has 2 aromatic carbocycles. The summed E-state index contributed by atoms with van der Waals surface area (Å²) in [6.45, 7) is 3.91. The van der Waals surface area contributed by atoms with E-state index < -0.39 is 12.0 Å². The van der Waals surface area contributed by atoms with E-state index in [0.717, 1.165) is 20.1 Å². The van der Waals surface area contributed by atoms with Crippen molar-refractivity contribution in [2.24, 2.45) is 4.99 Å². The first-order valence-corrected chi connectivity index (χ1v) is 12.8. The number of allylic oxidation sites excluding steroid dienone is 1. The standard InChI is InChI=1S/C24H18Br2N2O5S/c1-3-31-23(30)20-12(2)27-24-28(21(20)13-4-6-15(25)7-5-13)22(29)19(34-24)9-14-8-17-18(10-16(14)26)33-11-32-17/h4-10,21H,3,11H2,1-2H3. The molecule has 0 N–H and O–H groups in total. The highest BCUT2D eigenvalue weighted by Crippen LogP contribution is 2.37. The molecule has 5 rings (SSSR count). The van der Waals surface area contributed by atoms with Crippen molar-refractivity contribution in [2.45, 2.75) is 19.9 Å². The average Bonchev–Trinajstić information content (AvgIpc) is 3.37. The van der Waals surface area contributed by atoms with Crippen LogP contribution in [-0.2, 0) is 9.53 Å². The third kappa shape index (κ3) is 4.03. The SMILES string of the molecule is CCOC(=O)C1=C(C)N=c2sc(=Cc3cc4c(cc3Br)OCO4)c(=O)n2C1c1ccc(Br)cc1. The van der Waals surface area contributed by atoms with Gasteiger partial charge in [-0.3, -0.25) is 9.36 Å². The summed E-state index contributed by atoms with van der Waals surface area (Å²) in [5, 5.41) is 0. The number of ether oxygens (including phenoxy) is 3. The Kier molecular flexibility index (Phi) is 6.22. The molecule has 1 aromatic heterocycles. The molecule has 0 saturated carbocycles. The smallest absolute Gasteiger partial charge is 0.338 e. The van der Waals surface area contributed by atoms with Gasteiger partial charge in [0.1, 0.15) is 0 Å². The summed E-state index contributed by atoms with van der Waals surface area (Å²) in [6.07, 6.45) is 1.79. The number of carbonyl (C=O) groups excluding carboxylic acids is 1. The third-order valence-electron chi connectivity index (χ3n) is 5.48. The van der Waals surface area contributed by atoms with Crippen LogP contribution in [0.15, 0.2) is 66.4 Å². The highest BCUT2D eigenvalue weighted by Gasteiger charge is 2.33. The molecule has 0 saturated heterocycles. The second-order valence-electron chi connectivity index (χ2n) is 7.58. The Labute approximate surface area is 215 Å². The van der Waals surface area contributed by atoms with Crippen molar-refractivity contribution in [1.29, 1.82) is 0 Å². The van der Waals surface area contributed by atoms with Crippen LogP contribution in [-0.4, -0.2) is 23.9 Å². The van der Waals surface area contributed by atoms with Gasteiger partial charge in [0.2, 0.25) is 6.79 Å². The first-order chi connectivity index (χ1) is 16.4. The molecule has 7 nitrogen and oxygen atoms in total. The van der Waals surface area contributed by atoms with Crippen LogP contribution in [0.4, 0.5) is 0 Å². The Balaban J connectivity index is 1.71. The van der Waals surface area contributed by atoms with Crippen molar-refractivity contribution in [1.82, 2.24) is 4.57 Å². The summed E-state index contributed by atoms with van der Waals surface area (Å²) in [5.41, 5.74) is 2.21. The Morgan fingerprint density at radius 2 is 1.94 bits per heavy atom. The van der Waals surface area contributed by atoms with E-state index in [-0.39, 0.29) is 19.0 Å². The number of carbonyl (C=O) groups is 1. The van der Waals surface area contributed by atoms with Gasteiger partial charge in [0.15, 0.2) is 16.3 Å². The van der Waals surface area contributed by atoms with Crippen LogP contribution in [0, 0.1) is 0 Å². The highest BCUT2D eigenvalue weighted by atomic mass is 79.9. The predicted molar refractivity (Wildman–Crippen MR) is 135 cm³/mol. The van der Waals surface area contributed by atoms with E-state index in [2.05, 4.69) is 36.9 Å². The summed E-state index contributed by atoms with van der Waals surface area (Å²) >= 11 is 8.27. The van der Waals surface area contributed by atoms with Crippen molar-refractivity contribution >= 4 is 55.2 Å². The van der Waals surface area contributed by atoms with E-state index in [0.29, 0.717) is 32.1 Å². The maximum atomic E-state index is 13.7. The Hall–Kier alpha value is -2.69. The number of esters is 1. The molecule has 10 heteroatoms. The lowest BCUT2D eigenvalue weighted by Crippen LogP contribution is -2.39. The van der Waals surface area contributed by atoms with E-state index in [9.17, 15) is 9.59 Å². The average molecular weight is 606 g/mol. The first kappa shape index (κ1) is 23.1. The van der Waals surface area contributed by atoms with E-state index in [4.69, 9.17) is 14.2 Å². The maximum Gasteiger partial charge on any atom is 0.338 e. The van der Waals surface area contributed by atoms with E-state index in [1.165, 1.54) is 11.3 Å². The molecular formula is C24H18Br2N2O5S. The first-order valence-electron chi connectivity index (χ1n) is 10.4. The molecule has 3 aromatic rings. The van der Waals surface area contributed by atoms with Crippen LogP contribution in [0.3, 0.4) is 0 Å². The minimum atomic E-state index is -0.647. The van der Waals surface area contributed by atoms with Crippen LogP contribution in [0.2, 0.25) is 0 Å². The second-order valence-corrected chi connectivity index (χ2v) is 10.4. The Bertz CT molecular complexity index is 1520. The molecule has 0 fully saturated rings. The number of aromatic nitrogens is 1. The zero-order chi connectivity index (χ0) is 24.0. The van der Waals surface area contributed by atoms with Gasteiger partial charge in [-0.15, -0.1) is 0 Å². The second kappa shape index (κ2) is 9.16.